The molecule has 5 N–H and O–H groups in total. The van der Waals surface area contributed by atoms with Crippen molar-refractivity contribution in [3.8, 4) is 16.9 Å². The van der Waals surface area contributed by atoms with E-state index in [1.54, 1.807) is 49.4 Å². The first-order chi connectivity index (χ1) is 18.7. The van der Waals surface area contributed by atoms with E-state index in [1.165, 1.54) is 17.1 Å². The highest BCUT2D eigenvalue weighted by Gasteiger charge is 2.51. The van der Waals surface area contributed by atoms with Crippen molar-refractivity contribution in [1.29, 1.82) is 0 Å². The Bertz CT molecular complexity index is 1440. The van der Waals surface area contributed by atoms with Gasteiger partial charge in [0.05, 0.1) is 17.6 Å². The summed E-state index contributed by atoms with van der Waals surface area (Å²) in [4.78, 5) is 21.5. The van der Waals surface area contributed by atoms with Crippen LogP contribution in [0.4, 0.5) is 29.7 Å². The van der Waals surface area contributed by atoms with Gasteiger partial charge in [0, 0.05) is 42.5 Å². The molecule has 39 heavy (non-hydrogen) atoms. The highest BCUT2D eigenvalue weighted by atomic mass is 19.4. The molecule has 1 aliphatic rings. The second kappa shape index (κ2) is 10.4. The highest BCUT2D eigenvalue weighted by Crippen LogP contribution is 2.40. The number of urea groups is 1. The third-order valence-corrected chi connectivity index (χ3v) is 6.84. The number of halogens is 3. The van der Waals surface area contributed by atoms with Gasteiger partial charge in [0.25, 0.3) is 0 Å². The number of aromatic nitrogens is 4. The molecule has 0 bridgehead atoms. The Kier molecular flexibility index (Phi) is 6.96. The van der Waals surface area contributed by atoms with Gasteiger partial charge in [-0.1, -0.05) is 48.5 Å². The molecule has 0 aliphatic carbocycles. The first kappa shape index (κ1) is 26.2. The van der Waals surface area contributed by atoms with Crippen LogP contribution in [0.25, 0.3) is 16.9 Å². The van der Waals surface area contributed by atoms with Crippen LogP contribution in [0.3, 0.4) is 0 Å². The lowest BCUT2D eigenvalue weighted by molar-refractivity contribution is -0.148. The lowest BCUT2D eigenvalue weighted by Crippen LogP contribution is -2.57. The summed E-state index contributed by atoms with van der Waals surface area (Å²) in [5.41, 5.74) is 7.02. The summed E-state index contributed by atoms with van der Waals surface area (Å²) in [6.45, 7) is 2.01. The average Bonchev–Trinajstić information content (AvgIpc) is 3.45. The van der Waals surface area contributed by atoms with E-state index in [0.29, 0.717) is 40.4 Å². The van der Waals surface area contributed by atoms with Crippen molar-refractivity contribution in [3.05, 3.63) is 84.2 Å². The largest absolute Gasteiger partial charge is 0.391 e. The van der Waals surface area contributed by atoms with E-state index in [1.807, 2.05) is 18.2 Å². The van der Waals surface area contributed by atoms with Crippen molar-refractivity contribution in [1.82, 2.24) is 30.4 Å². The Labute approximate surface area is 222 Å². The Morgan fingerprint density at radius 2 is 1.74 bits per heavy atom. The summed E-state index contributed by atoms with van der Waals surface area (Å²) >= 11 is 0. The number of carbonyl (C=O) groups excluding carboxylic acids is 1. The van der Waals surface area contributed by atoms with Crippen LogP contribution >= 0.6 is 0 Å². The van der Waals surface area contributed by atoms with Gasteiger partial charge in [-0.25, -0.2) is 19.4 Å². The summed E-state index contributed by atoms with van der Waals surface area (Å²) in [5, 5.41) is 13.2. The van der Waals surface area contributed by atoms with Gasteiger partial charge in [-0.3, -0.25) is 5.32 Å². The molecule has 0 saturated carbocycles. The van der Waals surface area contributed by atoms with Crippen molar-refractivity contribution in [3.63, 3.8) is 0 Å². The van der Waals surface area contributed by atoms with Crippen molar-refractivity contribution < 1.29 is 18.0 Å². The number of nitrogens with two attached hydrogens (primary N) is 1. The Hall–Kier alpha value is -4.45. The molecule has 2 atom stereocenters. The van der Waals surface area contributed by atoms with Crippen LogP contribution in [0.5, 0.6) is 0 Å². The first-order valence-electron chi connectivity index (χ1n) is 12.3. The lowest BCUT2D eigenvalue weighted by atomic mass is 9.79. The van der Waals surface area contributed by atoms with Crippen LogP contribution in [-0.4, -0.2) is 50.6 Å². The number of nitrogens with zero attached hydrogens (tertiary/aromatic N) is 4. The maximum absolute atomic E-state index is 13.9. The summed E-state index contributed by atoms with van der Waals surface area (Å²) in [6, 6.07) is 17.2. The van der Waals surface area contributed by atoms with E-state index in [0.717, 1.165) is 0 Å². The molecule has 2 amide bonds. The molecule has 12 heteroatoms. The minimum atomic E-state index is -4.50. The molecule has 5 rings (SSSR count). The van der Waals surface area contributed by atoms with Gasteiger partial charge in [0.15, 0.2) is 0 Å². The second-order valence-electron chi connectivity index (χ2n) is 9.52. The van der Waals surface area contributed by atoms with Crippen LogP contribution in [0.15, 0.2) is 73.1 Å². The number of nitrogen functional groups attached to an aromatic ring is 1. The number of alkyl halides is 3. The van der Waals surface area contributed by atoms with Gasteiger partial charge in [0.2, 0.25) is 5.95 Å². The number of hydrogen-bond acceptors (Lipinski definition) is 6. The van der Waals surface area contributed by atoms with Crippen molar-refractivity contribution in [2.45, 2.75) is 31.0 Å². The monoisotopic (exact) mass is 536 g/mol. The van der Waals surface area contributed by atoms with Gasteiger partial charge in [-0.15, -0.1) is 0 Å². The Morgan fingerprint density at radius 1 is 1.10 bits per heavy atom. The van der Waals surface area contributed by atoms with Gasteiger partial charge in [-0.2, -0.15) is 18.3 Å². The van der Waals surface area contributed by atoms with Crippen molar-refractivity contribution in [2.24, 2.45) is 0 Å². The number of hydrogen-bond donors (Lipinski definition) is 4. The quantitative estimate of drug-likeness (QED) is 0.289. The lowest BCUT2D eigenvalue weighted by Gasteiger charge is -2.36. The maximum Gasteiger partial charge on any atom is 0.391 e. The molecule has 0 unspecified atom stereocenters. The number of amides is 2. The van der Waals surface area contributed by atoms with Gasteiger partial charge in [0.1, 0.15) is 11.5 Å². The highest BCUT2D eigenvalue weighted by molar-refractivity contribution is 5.91. The number of anilines is 2. The first-order valence-corrected chi connectivity index (χ1v) is 12.3. The molecule has 2 aromatic carbocycles. The minimum absolute atomic E-state index is 0.0373. The molecule has 1 saturated heterocycles. The van der Waals surface area contributed by atoms with Crippen LogP contribution < -0.4 is 21.7 Å². The van der Waals surface area contributed by atoms with Crippen LogP contribution in [-0.2, 0) is 0 Å². The van der Waals surface area contributed by atoms with Gasteiger partial charge in [-0.05, 0) is 24.6 Å². The van der Waals surface area contributed by atoms with E-state index in [4.69, 9.17) is 5.73 Å². The Morgan fingerprint density at radius 3 is 2.38 bits per heavy atom. The second-order valence-corrected chi connectivity index (χ2v) is 9.52. The van der Waals surface area contributed by atoms with Crippen LogP contribution in [0, 0.1) is 6.92 Å². The molecule has 1 aliphatic heterocycles. The number of carbonyl (C=O) groups is 1. The van der Waals surface area contributed by atoms with Crippen LogP contribution in [0.2, 0.25) is 0 Å². The van der Waals surface area contributed by atoms with E-state index < -0.39 is 30.1 Å². The standard InChI is InChI=1S/C27H27F3N8O/c1-17-22(19-12-33-24(31)34-13-19)37-38(20-10-6-3-7-11-20)23(17)35-25(39)36-26(15-27(28,29)30)16-32-14-21(26)18-8-4-2-5-9-18/h2-13,21,32H,14-16H2,1H3,(H2,31,33,34)(H2,35,36,39)/t21-,26+/m1/s1. The third-order valence-electron chi connectivity index (χ3n) is 6.84. The molecule has 4 aromatic rings. The SMILES string of the molecule is Cc1c(-c2cnc(N)nc2)nn(-c2ccccc2)c1NC(=O)N[C@@]1(CC(F)(F)F)CNC[C@@H]1c1ccccc1. The topological polar surface area (TPSA) is 123 Å². The number of benzene rings is 2. The number of rotatable bonds is 6. The van der Waals surface area contributed by atoms with E-state index in [-0.39, 0.29) is 12.5 Å². The van der Waals surface area contributed by atoms with Crippen molar-refractivity contribution >= 4 is 17.8 Å². The molecular formula is C27H27F3N8O. The van der Waals surface area contributed by atoms with Crippen molar-refractivity contribution in [2.75, 3.05) is 24.1 Å². The number of nitrogens with one attached hydrogen (secondary N) is 3. The summed E-state index contributed by atoms with van der Waals surface area (Å²) < 4.78 is 43.1. The molecule has 202 valence electrons. The zero-order chi connectivity index (χ0) is 27.6. The van der Waals surface area contributed by atoms with E-state index >= 15 is 0 Å². The molecule has 3 heterocycles. The maximum atomic E-state index is 13.9. The summed E-state index contributed by atoms with van der Waals surface area (Å²) in [6.07, 6.45) is -2.66. The molecule has 9 nitrogen and oxygen atoms in total. The zero-order valence-electron chi connectivity index (χ0n) is 21.0. The molecular weight excluding hydrogens is 509 g/mol. The molecule has 0 spiro atoms. The predicted octanol–water partition coefficient (Wildman–Crippen LogP) is 4.42. The molecule has 2 aromatic heterocycles. The fraction of sp³-hybridized carbons (Fsp3) is 0.259. The summed E-state index contributed by atoms with van der Waals surface area (Å²) in [7, 11) is 0. The normalized spacial score (nSPS) is 19.1. The summed E-state index contributed by atoms with van der Waals surface area (Å²) in [5.74, 6) is -0.187. The fourth-order valence-electron chi connectivity index (χ4n) is 5.10. The van der Waals surface area contributed by atoms with Gasteiger partial charge < -0.3 is 16.4 Å². The van der Waals surface area contributed by atoms with Crippen LogP contribution in [0.1, 0.15) is 23.5 Å². The van der Waals surface area contributed by atoms with E-state index in [9.17, 15) is 18.0 Å². The smallest absolute Gasteiger partial charge is 0.368 e. The minimum Gasteiger partial charge on any atom is -0.368 e. The molecule has 1 fully saturated rings. The predicted molar refractivity (Wildman–Crippen MR) is 141 cm³/mol. The third kappa shape index (κ3) is 5.55. The fourth-order valence-corrected chi connectivity index (χ4v) is 5.10. The Balaban J connectivity index is 1.51. The van der Waals surface area contributed by atoms with E-state index in [2.05, 4.69) is 31.0 Å². The average molecular weight is 537 g/mol. The van der Waals surface area contributed by atoms with Gasteiger partial charge >= 0.3 is 12.2 Å². The number of para-hydroxylation sites is 1. The molecule has 0 radical (unpaired) electrons. The zero-order valence-corrected chi connectivity index (χ0v) is 21.0.